The van der Waals surface area contributed by atoms with E-state index in [-0.39, 0.29) is 11.7 Å². The molecule has 2 heterocycles. The maximum atomic E-state index is 13.3. The highest BCUT2D eigenvalue weighted by atomic mass is 35.5. The second kappa shape index (κ2) is 7.32. The minimum Gasteiger partial charge on any atom is -0.295 e. The number of carbonyl (C=O) groups excluding carboxylic acids is 1. The summed E-state index contributed by atoms with van der Waals surface area (Å²) in [5.74, 6) is 0.482. The molecule has 0 amide bonds. The normalized spacial score (nSPS) is 15.9. The third-order valence-electron chi connectivity index (χ3n) is 6.38. The Morgan fingerprint density at radius 3 is 2.28 bits per heavy atom. The molecular formula is C28H21ClN2O. The van der Waals surface area contributed by atoms with Gasteiger partial charge < -0.3 is 0 Å². The van der Waals surface area contributed by atoms with Gasteiger partial charge in [-0.25, -0.2) is 4.98 Å². The summed E-state index contributed by atoms with van der Waals surface area (Å²) in [5.41, 5.74) is 6.77. The van der Waals surface area contributed by atoms with Crippen LogP contribution in [0.1, 0.15) is 29.4 Å². The largest absolute Gasteiger partial charge is 0.295 e. The Balaban J connectivity index is 1.86. The van der Waals surface area contributed by atoms with Crippen LogP contribution in [-0.2, 0) is 6.42 Å². The zero-order chi connectivity index (χ0) is 21.8. The number of imidazole rings is 1. The number of fused-ring (bicyclic) bond motifs is 6. The van der Waals surface area contributed by atoms with E-state index in [9.17, 15) is 4.79 Å². The van der Waals surface area contributed by atoms with Gasteiger partial charge in [0.1, 0.15) is 5.65 Å². The molecule has 3 aromatic carbocycles. The highest BCUT2D eigenvalue weighted by molar-refractivity contribution is 6.32. The van der Waals surface area contributed by atoms with Gasteiger partial charge in [0.2, 0.25) is 0 Å². The van der Waals surface area contributed by atoms with E-state index < -0.39 is 0 Å². The molecule has 1 unspecified atom stereocenters. The third kappa shape index (κ3) is 2.89. The van der Waals surface area contributed by atoms with Gasteiger partial charge in [-0.3, -0.25) is 9.20 Å². The third-order valence-corrected chi connectivity index (χ3v) is 6.61. The first-order valence-electron chi connectivity index (χ1n) is 10.9. The van der Waals surface area contributed by atoms with Crippen LogP contribution in [0.2, 0.25) is 5.02 Å². The number of rotatable bonds is 2. The SMILES string of the molecule is CC1CC(=O)c2c(n3c(-c4ccccc4)c(-c4ccccc4)nc3c3cc(Cl)ccc23)C1. The van der Waals surface area contributed by atoms with Gasteiger partial charge in [-0.1, -0.05) is 85.3 Å². The molecule has 0 fully saturated rings. The summed E-state index contributed by atoms with van der Waals surface area (Å²) in [6, 6.07) is 26.4. The Hall–Kier alpha value is -3.43. The lowest BCUT2D eigenvalue weighted by Gasteiger charge is -2.24. The number of halogens is 1. The van der Waals surface area contributed by atoms with Crippen molar-refractivity contribution in [1.29, 1.82) is 0 Å². The van der Waals surface area contributed by atoms with Crippen LogP contribution < -0.4 is 0 Å². The molecule has 6 rings (SSSR count). The van der Waals surface area contributed by atoms with E-state index in [1.54, 1.807) is 0 Å². The summed E-state index contributed by atoms with van der Waals surface area (Å²) in [4.78, 5) is 18.5. The van der Waals surface area contributed by atoms with Crippen LogP contribution in [0, 0.1) is 5.92 Å². The fourth-order valence-corrected chi connectivity index (χ4v) is 5.21. The van der Waals surface area contributed by atoms with Crippen LogP contribution in [-0.4, -0.2) is 15.2 Å². The summed E-state index contributed by atoms with van der Waals surface area (Å²) in [5, 5.41) is 2.50. The molecule has 156 valence electrons. The molecule has 4 heteroatoms. The number of hydrogen-bond donors (Lipinski definition) is 0. The molecule has 0 saturated carbocycles. The van der Waals surface area contributed by atoms with Gasteiger partial charge in [-0.2, -0.15) is 0 Å². The Kier molecular flexibility index (Phi) is 4.41. The van der Waals surface area contributed by atoms with Gasteiger partial charge in [0.15, 0.2) is 5.78 Å². The quantitative estimate of drug-likeness (QED) is 0.292. The standard InChI is InChI=1S/C28H21ClN2O/c1-17-14-23-25(24(32)15-17)21-13-12-20(29)16-22(21)28-30-26(18-8-4-2-5-9-18)27(31(23)28)19-10-6-3-7-11-19/h2-13,16-17H,14-15H2,1H3. The second-order valence-corrected chi connectivity index (χ2v) is 9.08. The summed E-state index contributed by atoms with van der Waals surface area (Å²) in [6.07, 6.45) is 1.40. The number of hydrogen-bond acceptors (Lipinski definition) is 2. The predicted molar refractivity (Wildman–Crippen MR) is 130 cm³/mol. The number of ketones is 1. The van der Waals surface area contributed by atoms with Crippen molar-refractivity contribution in [2.75, 3.05) is 0 Å². The highest BCUT2D eigenvalue weighted by Crippen LogP contribution is 2.41. The average Bonchev–Trinajstić information content (AvgIpc) is 3.21. The van der Waals surface area contributed by atoms with Gasteiger partial charge >= 0.3 is 0 Å². The first-order valence-corrected chi connectivity index (χ1v) is 11.3. The monoisotopic (exact) mass is 436 g/mol. The number of benzene rings is 3. The van der Waals surface area contributed by atoms with E-state index in [1.165, 1.54) is 0 Å². The fourth-order valence-electron chi connectivity index (χ4n) is 5.04. The lowest BCUT2D eigenvalue weighted by Crippen LogP contribution is -2.22. The Morgan fingerprint density at radius 2 is 1.56 bits per heavy atom. The van der Waals surface area contributed by atoms with Crippen molar-refractivity contribution in [1.82, 2.24) is 9.38 Å². The molecule has 1 atom stereocenters. The molecule has 0 saturated heterocycles. The van der Waals surface area contributed by atoms with E-state index >= 15 is 0 Å². The van der Waals surface area contributed by atoms with Crippen molar-refractivity contribution in [3.8, 4) is 22.5 Å². The van der Waals surface area contributed by atoms with E-state index in [0.29, 0.717) is 11.4 Å². The van der Waals surface area contributed by atoms with Gasteiger partial charge in [-0.05, 0) is 29.9 Å². The summed E-state index contributed by atoms with van der Waals surface area (Å²) in [6.45, 7) is 2.15. The predicted octanol–water partition coefficient (Wildman–Crippen LogP) is 7.24. The smallest absolute Gasteiger partial charge is 0.165 e. The summed E-state index contributed by atoms with van der Waals surface area (Å²) < 4.78 is 2.22. The van der Waals surface area contributed by atoms with Crippen LogP contribution in [0.3, 0.4) is 0 Å². The van der Waals surface area contributed by atoms with Crippen molar-refractivity contribution in [2.24, 2.45) is 5.92 Å². The van der Waals surface area contributed by atoms with Crippen molar-refractivity contribution in [2.45, 2.75) is 19.8 Å². The van der Waals surface area contributed by atoms with Crippen LogP contribution in [0.5, 0.6) is 0 Å². The topological polar surface area (TPSA) is 34.4 Å². The first-order chi connectivity index (χ1) is 15.6. The minimum atomic E-state index is 0.196. The number of Topliss-reactive ketones (excluding diaryl/α,β-unsaturated/α-hetero) is 1. The molecule has 0 radical (unpaired) electrons. The van der Waals surface area contributed by atoms with Gasteiger partial charge in [0.25, 0.3) is 0 Å². The van der Waals surface area contributed by atoms with E-state index in [1.807, 2.05) is 54.6 Å². The maximum absolute atomic E-state index is 13.3. The molecule has 0 spiro atoms. The molecule has 0 aliphatic heterocycles. The molecule has 1 aliphatic rings. The van der Waals surface area contributed by atoms with Crippen molar-refractivity contribution in [3.63, 3.8) is 0 Å². The molecule has 3 nitrogen and oxygen atoms in total. The molecule has 2 aromatic heterocycles. The van der Waals surface area contributed by atoms with Crippen LogP contribution >= 0.6 is 11.6 Å². The highest BCUT2D eigenvalue weighted by Gasteiger charge is 2.30. The molecule has 1 aliphatic carbocycles. The van der Waals surface area contributed by atoms with Crippen LogP contribution in [0.4, 0.5) is 0 Å². The van der Waals surface area contributed by atoms with Crippen molar-refractivity contribution in [3.05, 3.63) is 95.1 Å². The van der Waals surface area contributed by atoms with Gasteiger partial charge in [-0.15, -0.1) is 0 Å². The summed E-state index contributed by atoms with van der Waals surface area (Å²) in [7, 11) is 0. The van der Waals surface area contributed by atoms with E-state index in [0.717, 1.165) is 56.6 Å². The lowest BCUT2D eigenvalue weighted by molar-refractivity contribution is 0.0954. The molecule has 5 aromatic rings. The summed E-state index contributed by atoms with van der Waals surface area (Å²) >= 11 is 6.42. The van der Waals surface area contributed by atoms with E-state index in [4.69, 9.17) is 16.6 Å². The zero-order valence-electron chi connectivity index (χ0n) is 17.7. The van der Waals surface area contributed by atoms with E-state index in [2.05, 4.69) is 35.6 Å². The number of pyridine rings is 1. The Morgan fingerprint density at radius 1 is 0.875 bits per heavy atom. The van der Waals surface area contributed by atoms with Gasteiger partial charge in [0, 0.05) is 39.2 Å². The zero-order valence-corrected chi connectivity index (χ0v) is 18.4. The molecular weight excluding hydrogens is 416 g/mol. The molecule has 0 bridgehead atoms. The lowest BCUT2D eigenvalue weighted by atomic mass is 9.84. The number of aromatic nitrogens is 2. The number of carbonyl (C=O) groups is 1. The molecule has 0 N–H and O–H groups in total. The van der Waals surface area contributed by atoms with Crippen LogP contribution in [0.15, 0.2) is 78.9 Å². The van der Waals surface area contributed by atoms with Gasteiger partial charge in [0.05, 0.1) is 11.4 Å². The average molecular weight is 437 g/mol. The Labute approximate surface area is 191 Å². The number of nitrogens with zero attached hydrogens (tertiary/aromatic N) is 2. The first kappa shape index (κ1) is 19.3. The van der Waals surface area contributed by atoms with Crippen molar-refractivity contribution >= 4 is 33.8 Å². The minimum absolute atomic E-state index is 0.196. The Bertz CT molecular complexity index is 1500. The van der Waals surface area contributed by atoms with Crippen molar-refractivity contribution < 1.29 is 4.79 Å². The maximum Gasteiger partial charge on any atom is 0.165 e. The second-order valence-electron chi connectivity index (χ2n) is 8.65. The van der Waals surface area contributed by atoms with Crippen LogP contribution in [0.25, 0.3) is 38.9 Å². The molecule has 32 heavy (non-hydrogen) atoms. The fraction of sp³-hybridized carbons (Fsp3) is 0.143.